The molecule has 0 unspecified atom stereocenters. The van der Waals surface area contributed by atoms with E-state index in [-0.39, 0.29) is 5.69 Å². The van der Waals surface area contributed by atoms with E-state index in [1.54, 1.807) is 4.57 Å². The van der Waals surface area contributed by atoms with Crippen molar-refractivity contribution in [1.29, 1.82) is 0 Å². The van der Waals surface area contributed by atoms with Crippen LogP contribution < -0.4 is 5.69 Å². The van der Waals surface area contributed by atoms with E-state index in [0.29, 0.717) is 18.3 Å². The number of imidazole rings is 1. The first-order chi connectivity index (χ1) is 17.6. The molecule has 0 aliphatic heterocycles. The van der Waals surface area contributed by atoms with Crippen LogP contribution in [0.15, 0.2) is 77.9 Å². The molecule has 8 nitrogen and oxygen atoms in total. The van der Waals surface area contributed by atoms with E-state index in [0.717, 1.165) is 52.2 Å². The summed E-state index contributed by atoms with van der Waals surface area (Å²) in [6, 6.07) is 20.0. The van der Waals surface area contributed by atoms with E-state index in [1.165, 1.54) is 0 Å². The normalized spacial score (nSPS) is 11.3. The molecule has 0 fully saturated rings. The van der Waals surface area contributed by atoms with E-state index >= 15 is 0 Å². The third kappa shape index (κ3) is 4.49. The summed E-state index contributed by atoms with van der Waals surface area (Å²) in [6.07, 6.45) is 5.61. The van der Waals surface area contributed by atoms with Crippen molar-refractivity contribution in [2.24, 2.45) is 0 Å². The molecule has 8 heteroatoms. The van der Waals surface area contributed by atoms with Crippen LogP contribution in [0.2, 0.25) is 0 Å². The Morgan fingerprint density at radius 1 is 0.972 bits per heavy atom. The Hall–Kier alpha value is -4.33. The molecule has 0 aliphatic rings. The average molecular weight is 480 g/mol. The number of benzene rings is 2. The number of H-pyrrole nitrogens is 1. The summed E-state index contributed by atoms with van der Waals surface area (Å²) in [4.78, 5) is 18.3. The number of tetrazole rings is 1. The highest BCUT2D eigenvalue weighted by Crippen LogP contribution is 2.29. The van der Waals surface area contributed by atoms with Gasteiger partial charge in [0.25, 0.3) is 0 Å². The lowest BCUT2D eigenvalue weighted by atomic mass is 10.0. The van der Waals surface area contributed by atoms with Gasteiger partial charge in [0, 0.05) is 29.2 Å². The Kier molecular flexibility index (Phi) is 6.58. The Balaban J connectivity index is 1.49. The fraction of sp³-hybridized carbons (Fsp3) is 0.250. The molecule has 5 rings (SSSR count). The molecular formula is C28H29N7O. The highest BCUT2D eigenvalue weighted by Gasteiger charge is 2.17. The first-order valence-electron chi connectivity index (χ1n) is 12.3. The van der Waals surface area contributed by atoms with Crippen LogP contribution in [-0.4, -0.2) is 34.7 Å². The minimum Gasteiger partial charge on any atom is -0.290 e. The molecule has 36 heavy (non-hydrogen) atoms. The first kappa shape index (κ1) is 23.4. The predicted molar refractivity (Wildman–Crippen MR) is 140 cm³/mol. The van der Waals surface area contributed by atoms with Gasteiger partial charge in [-0.1, -0.05) is 75.7 Å². The zero-order valence-electron chi connectivity index (χ0n) is 20.7. The molecule has 0 atom stereocenters. The van der Waals surface area contributed by atoms with Crippen molar-refractivity contribution in [3.05, 3.63) is 100 Å². The van der Waals surface area contributed by atoms with Crippen LogP contribution in [0.25, 0.3) is 28.2 Å². The molecule has 0 radical (unpaired) electrons. The molecule has 2 aromatic carbocycles. The number of nitrogens with zero attached hydrogens (tertiary/aromatic N) is 6. The van der Waals surface area contributed by atoms with E-state index in [1.807, 2.05) is 71.6 Å². The molecule has 0 spiro atoms. The molecule has 0 aliphatic carbocycles. The molecular weight excluding hydrogens is 450 g/mol. The van der Waals surface area contributed by atoms with Gasteiger partial charge in [-0.05, 0) is 46.0 Å². The SMILES string of the molecule is CCCc1cn(-c2ccccc2C(C)C)c(=O)n1Cc1ccc(-c2ccccc2-c2nnn[nH]2)cn1. The molecule has 0 amide bonds. The van der Waals surface area contributed by atoms with E-state index in [9.17, 15) is 4.79 Å². The number of aromatic nitrogens is 7. The lowest BCUT2D eigenvalue weighted by molar-refractivity contribution is 0.678. The van der Waals surface area contributed by atoms with Crippen molar-refractivity contribution in [2.45, 2.75) is 46.1 Å². The standard InChI is InChI=1S/C28H29N7O/c1-4-9-22-18-35(26-13-8-7-10-23(26)19(2)3)28(36)34(22)17-21-15-14-20(16-29-21)24-11-5-6-12-25(24)27-30-32-33-31-27/h5-8,10-16,18-19H,4,9,17H2,1-3H3,(H,30,31,32,33). The van der Waals surface area contributed by atoms with Gasteiger partial charge in [-0.15, -0.1) is 5.10 Å². The molecule has 0 saturated heterocycles. The summed E-state index contributed by atoms with van der Waals surface area (Å²) >= 11 is 0. The van der Waals surface area contributed by atoms with Crippen LogP contribution in [0, 0.1) is 0 Å². The highest BCUT2D eigenvalue weighted by atomic mass is 16.1. The minimum absolute atomic E-state index is 0.0411. The number of nitrogens with one attached hydrogen (secondary N) is 1. The van der Waals surface area contributed by atoms with Crippen LogP contribution in [-0.2, 0) is 13.0 Å². The van der Waals surface area contributed by atoms with Gasteiger partial charge in [0.05, 0.1) is 17.9 Å². The van der Waals surface area contributed by atoms with Gasteiger partial charge in [-0.2, -0.15) is 0 Å². The Bertz CT molecular complexity index is 1510. The van der Waals surface area contributed by atoms with Crippen molar-refractivity contribution < 1.29 is 0 Å². The van der Waals surface area contributed by atoms with Gasteiger partial charge in [-0.3, -0.25) is 14.1 Å². The van der Waals surface area contributed by atoms with Crippen molar-refractivity contribution in [1.82, 2.24) is 34.7 Å². The predicted octanol–water partition coefficient (Wildman–Crippen LogP) is 5.01. The van der Waals surface area contributed by atoms with Crippen LogP contribution in [0.1, 0.15) is 50.1 Å². The van der Waals surface area contributed by atoms with Gasteiger partial charge in [-0.25, -0.2) is 9.89 Å². The maximum atomic E-state index is 13.6. The summed E-state index contributed by atoms with van der Waals surface area (Å²) in [6.45, 7) is 6.84. The summed E-state index contributed by atoms with van der Waals surface area (Å²) < 4.78 is 3.63. The number of pyridine rings is 1. The maximum absolute atomic E-state index is 13.6. The molecule has 182 valence electrons. The zero-order chi connectivity index (χ0) is 25.1. The Morgan fingerprint density at radius 3 is 2.44 bits per heavy atom. The van der Waals surface area contributed by atoms with Crippen molar-refractivity contribution >= 4 is 0 Å². The van der Waals surface area contributed by atoms with Crippen molar-refractivity contribution in [3.8, 4) is 28.2 Å². The lowest BCUT2D eigenvalue weighted by Gasteiger charge is -2.12. The van der Waals surface area contributed by atoms with Gasteiger partial charge >= 0.3 is 5.69 Å². The number of aryl methyl sites for hydroxylation is 1. The van der Waals surface area contributed by atoms with Crippen molar-refractivity contribution in [2.75, 3.05) is 0 Å². The average Bonchev–Trinajstić information content (AvgIpc) is 3.54. The van der Waals surface area contributed by atoms with Crippen LogP contribution in [0.5, 0.6) is 0 Å². The quantitative estimate of drug-likeness (QED) is 0.338. The monoisotopic (exact) mass is 479 g/mol. The largest absolute Gasteiger partial charge is 0.333 e. The van der Waals surface area contributed by atoms with Gasteiger partial charge in [0.1, 0.15) is 0 Å². The second kappa shape index (κ2) is 10.1. The summed E-state index contributed by atoms with van der Waals surface area (Å²) in [5, 5.41) is 14.3. The second-order valence-corrected chi connectivity index (χ2v) is 9.16. The van der Waals surface area contributed by atoms with Gasteiger partial charge in [0.15, 0.2) is 5.82 Å². The third-order valence-corrected chi connectivity index (χ3v) is 6.37. The number of hydrogen-bond acceptors (Lipinski definition) is 5. The maximum Gasteiger partial charge on any atom is 0.333 e. The third-order valence-electron chi connectivity index (χ3n) is 6.37. The van der Waals surface area contributed by atoms with Crippen LogP contribution in [0.3, 0.4) is 0 Å². The van der Waals surface area contributed by atoms with E-state index in [4.69, 9.17) is 4.98 Å². The van der Waals surface area contributed by atoms with Crippen LogP contribution in [0.4, 0.5) is 0 Å². The Morgan fingerprint density at radius 2 is 1.75 bits per heavy atom. The number of aromatic amines is 1. The molecule has 0 bridgehead atoms. The number of para-hydroxylation sites is 1. The van der Waals surface area contributed by atoms with Crippen LogP contribution >= 0.6 is 0 Å². The summed E-state index contributed by atoms with van der Waals surface area (Å²) in [5.74, 6) is 0.921. The topological polar surface area (TPSA) is 94.3 Å². The molecule has 1 N–H and O–H groups in total. The second-order valence-electron chi connectivity index (χ2n) is 9.16. The van der Waals surface area contributed by atoms with Gasteiger partial charge < -0.3 is 0 Å². The zero-order valence-corrected chi connectivity index (χ0v) is 20.7. The summed E-state index contributed by atoms with van der Waals surface area (Å²) in [7, 11) is 0. The smallest absolute Gasteiger partial charge is 0.290 e. The first-order valence-corrected chi connectivity index (χ1v) is 12.3. The molecule has 3 heterocycles. The molecule has 0 saturated carbocycles. The molecule has 5 aromatic rings. The Labute approximate surface area is 209 Å². The lowest BCUT2D eigenvalue weighted by Crippen LogP contribution is -2.25. The highest BCUT2D eigenvalue weighted by molar-refractivity contribution is 5.79. The number of hydrogen-bond donors (Lipinski definition) is 1. The fourth-order valence-corrected chi connectivity index (χ4v) is 4.57. The van der Waals surface area contributed by atoms with Gasteiger partial charge in [0.2, 0.25) is 0 Å². The molecule has 3 aromatic heterocycles. The minimum atomic E-state index is -0.0411. The van der Waals surface area contributed by atoms with E-state index < -0.39 is 0 Å². The summed E-state index contributed by atoms with van der Waals surface area (Å²) in [5.41, 5.74) is 6.73. The fourth-order valence-electron chi connectivity index (χ4n) is 4.57. The number of rotatable bonds is 8. The van der Waals surface area contributed by atoms with Crippen molar-refractivity contribution in [3.63, 3.8) is 0 Å². The van der Waals surface area contributed by atoms with E-state index in [2.05, 4.69) is 47.5 Å².